The van der Waals surface area contributed by atoms with E-state index < -0.39 is 17.8 Å². The minimum atomic E-state index is -0.712. The summed E-state index contributed by atoms with van der Waals surface area (Å²) < 4.78 is 24.8. The zero-order valence-corrected chi connectivity index (χ0v) is 16.0. The van der Waals surface area contributed by atoms with Crippen LogP contribution in [0.3, 0.4) is 0 Å². The Balaban J connectivity index is 1.37. The number of hydrogen-bond donors (Lipinski definition) is 2. The van der Waals surface area contributed by atoms with E-state index in [0.29, 0.717) is 24.3 Å². The van der Waals surface area contributed by atoms with Crippen LogP contribution in [-0.2, 0) is 0 Å². The van der Waals surface area contributed by atoms with Crippen molar-refractivity contribution < 1.29 is 24.1 Å². The van der Waals surface area contributed by atoms with E-state index in [2.05, 4.69) is 4.90 Å². The summed E-state index contributed by atoms with van der Waals surface area (Å²) in [6.45, 7) is 2.10. The third kappa shape index (κ3) is 3.85. The van der Waals surface area contributed by atoms with Crippen LogP contribution in [0.2, 0.25) is 0 Å². The van der Waals surface area contributed by atoms with Gasteiger partial charge < -0.3 is 24.6 Å². The Labute approximate surface area is 164 Å². The molecule has 150 valence electrons. The Morgan fingerprint density at radius 1 is 1.21 bits per heavy atom. The van der Waals surface area contributed by atoms with Crippen molar-refractivity contribution in [1.29, 1.82) is 0 Å². The highest BCUT2D eigenvalue weighted by Gasteiger charge is 2.43. The van der Waals surface area contributed by atoms with Crippen molar-refractivity contribution in [3.05, 3.63) is 59.4 Å². The topological polar surface area (TPSA) is 62.2 Å². The minimum Gasteiger partial charge on any atom is -0.497 e. The van der Waals surface area contributed by atoms with Crippen molar-refractivity contribution in [2.45, 2.75) is 37.1 Å². The lowest BCUT2D eigenvalue weighted by Gasteiger charge is -2.46. The number of piperidine rings is 1. The quantitative estimate of drug-likeness (QED) is 0.844. The van der Waals surface area contributed by atoms with Crippen LogP contribution in [-0.4, -0.2) is 47.5 Å². The van der Waals surface area contributed by atoms with Gasteiger partial charge in [-0.25, -0.2) is 4.39 Å². The molecule has 6 heteroatoms. The lowest BCUT2D eigenvalue weighted by atomic mass is 9.81. The van der Waals surface area contributed by atoms with Crippen molar-refractivity contribution in [3.63, 3.8) is 0 Å². The number of aliphatic hydroxyl groups is 2. The standard InChI is InChI=1S/C22H26FNO4/c1-27-17-5-2-15(3-6-17)20(26)14-24-10-8-22(9-11-24)13-19(25)18-12-16(23)4-7-21(18)28-22/h2-7,12,19-20,25-26H,8-11,13-14H2,1H3. The number of nitrogens with zero attached hydrogens (tertiary/aromatic N) is 1. The van der Waals surface area contributed by atoms with Gasteiger partial charge in [0.2, 0.25) is 0 Å². The number of ether oxygens (including phenoxy) is 2. The van der Waals surface area contributed by atoms with E-state index in [0.717, 1.165) is 37.2 Å². The number of rotatable bonds is 4. The molecule has 2 aliphatic rings. The molecule has 2 aromatic rings. The van der Waals surface area contributed by atoms with E-state index in [9.17, 15) is 14.6 Å². The molecule has 1 fully saturated rings. The van der Waals surface area contributed by atoms with Crippen LogP contribution in [0, 0.1) is 5.82 Å². The van der Waals surface area contributed by atoms with Crippen LogP contribution >= 0.6 is 0 Å². The van der Waals surface area contributed by atoms with Gasteiger partial charge in [-0.3, -0.25) is 0 Å². The highest BCUT2D eigenvalue weighted by Crippen LogP contribution is 2.44. The van der Waals surface area contributed by atoms with Crippen LogP contribution in [0.4, 0.5) is 4.39 Å². The normalized spacial score (nSPS) is 22.4. The van der Waals surface area contributed by atoms with Gasteiger partial charge in [-0.1, -0.05) is 12.1 Å². The first-order valence-electron chi connectivity index (χ1n) is 9.69. The molecule has 2 heterocycles. The maximum absolute atomic E-state index is 13.5. The number of likely N-dealkylation sites (tertiary alicyclic amines) is 1. The first-order valence-corrected chi connectivity index (χ1v) is 9.69. The largest absolute Gasteiger partial charge is 0.497 e. The van der Waals surface area contributed by atoms with Crippen LogP contribution < -0.4 is 9.47 Å². The predicted molar refractivity (Wildman–Crippen MR) is 103 cm³/mol. The molecule has 0 saturated carbocycles. The zero-order valence-electron chi connectivity index (χ0n) is 16.0. The third-order valence-corrected chi connectivity index (χ3v) is 5.92. The van der Waals surface area contributed by atoms with Crippen LogP contribution in [0.5, 0.6) is 11.5 Å². The molecule has 2 N–H and O–H groups in total. The molecule has 0 amide bonds. The first-order chi connectivity index (χ1) is 13.5. The van der Waals surface area contributed by atoms with E-state index >= 15 is 0 Å². The van der Waals surface area contributed by atoms with Gasteiger partial charge in [0, 0.05) is 31.6 Å². The van der Waals surface area contributed by atoms with E-state index in [1.165, 1.54) is 12.1 Å². The molecule has 0 aromatic heterocycles. The molecular formula is C22H26FNO4. The maximum Gasteiger partial charge on any atom is 0.126 e. The minimum absolute atomic E-state index is 0.361. The van der Waals surface area contributed by atoms with Crippen molar-refractivity contribution >= 4 is 0 Å². The Morgan fingerprint density at radius 2 is 1.93 bits per heavy atom. The van der Waals surface area contributed by atoms with Crippen LogP contribution in [0.25, 0.3) is 0 Å². The summed E-state index contributed by atoms with van der Waals surface area (Å²) in [6.07, 6.45) is 0.711. The monoisotopic (exact) mass is 387 g/mol. The van der Waals surface area contributed by atoms with Gasteiger partial charge in [0.15, 0.2) is 0 Å². The van der Waals surface area contributed by atoms with Crippen LogP contribution in [0.15, 0.2) is 42.5 Å². The molecule has 2 atom stereocenters. The van der Waals surface area contributed by atoms with Crippen molar-refractivity contribution in [1.82, 2.24) is 4.90 Å². The highest BCUT2D eigenvalue weighted by molar-refractivity contribution is 5.38. The Kier molecular flexibility index (Phi) is 5.27. The number of methoxy groups -OCH3 is 1. The van der Waals surface area contributed by atoms with Crippen LogP contribution in [0.1, 0.15) is 42.6 Å². The second kappa shape index (κ2) is 7.70. The lowest BCUT2D eigenvalue weighted by molar-refractivity contribution is -0.0589. The molecule has 4 rings (SSSR count). The lowest BCUT2D eigenvalue weighted by Crippen LogP contribution is -2.51. The summed E-state index contributed by atoms with van der Waals surface area (Å²) in [6, 6.07) is 11.8. The maximum atomic E-state index is 13.5. The second-order valence-corrected chi connectivity index (χ2v) is 7.78. The molecule has 1 saturated heterocycles. The van der Waals surface area contributed by atoms with Gasteiger partial charge >= 0.3 is 0 Å². The van der Waals surface area contributed by atoms with E-state index in [1.807, 2.05) is 24.3 Å². The first kappa shape index (κ1) is 19.2. The fraction of sp³-hybridized carbons (Fsp3) is 0.455. The van der Waals surface area contributed by atoms with Gasteiger partial charge in [-0.15, -0.1) is 0 Å². The molecule has 1 spiro atoms. The molecule has 2 aliphatic heterocycles. The van der Waals surface area contributed by atoms with Gasteiger partial charge in [0.05, 0.1) is 19.3 Å². The molecule has 0 aliphatic carbocycles. The molecular weight excluding hydrogens is 361 g/mol. The summed E-state index contributed by atoms with van der Waals surface area (Å²) in [5, 5.41) is 21.0. The molecule has 0 radical (unpaired) electrons. The van der Waals surface area contributed by atoms with Gasteiger partial charge in [0.1, 0.15) is 22.9 Å². The molecule has 28 heavy (non-hydrogen) atoms. The molecule has 5 nitrogen and oxygen atoms in total. The summed E-state index contributed by atoms with van der Waals surface area (Å²) in [4.78, 5) is 2.22. The summed E-state index contributed by atoms with van der Waals surface area (Å²) in [7, 11) is 1.62. The Hall–Kier alpha value is -2.15. The predicted octanol–water partition coefficient (Wildman–Crippen LogP) is 3.22. The summed E-state index contributed by atoms with van der Waals surface area (Å²) in [5.41, 5.74) is 0.968. The smallest absolute Gasteiger partial charge is 0.126 e. The number of fused-ring (bicyclic) bond motifs is 1. The van der Waals surface area contributed by atoms with E-state index in [1.54, 1.807) is 13.2 Å². The van der Waals surface area contributed by atoms with Gasteiger partial charge in [-0.2, -0.15) is 0 Å². The second-order valence-electron chi connectivity index (χ2n) is 7.78. The Morgan fingerprint density at radius 3 is 2.61 bits per heavy atom. The molecule has 2 unspecified atom stereocenters. The molecule has 2 aromatic carbocycles. The number of benzene rings is 2. The Bertz CT molecular complexity index is 818. The summed E-state index contributed by atoms with van der Waals surface area (Å²) >= 11 is 0. The van der Waals surface area contributed by atoms with Gasteiger partial charge in [-0.05, 0) is 48.7 Å². The number of halogens is 1. The fourth-order valence-electron chi connectivity index (χ4n) is 4.24. The average molecular weight is 387 g/mol. The zero-order chi connectivity index (χ0) is 19.7. The van der Waals surface area contributed by atoms with Crippen molar-refractivity contribution in [2.24, 2.45) is 0 Å². The van der Waals surface area contributed by atoms with Crippen molar-refractivity contribution in [3.8, 4) is 11.5 Å². The van der Waals surface area contributed by atoms with E-state index in [-0.39, 0.29) is 5.82 Å². The third-order valence-electron chi connectivity index (χ3n) is 5.92. The highest BCUT2D eigenvalue weighted by atomic mass is 19.1. The number of hydrogen-bond acceptors (Lipinski definition) is 5. The average Bonchev–Trinajstić information content (AvgIpc) is 2.71. The summed E-state index contributed by atoms with van der Waals surface area (Å²) in [5.74, 6) is 0.982. The van der Waals surface area contributed by atoms with E-state index in [4.69, 9.17) is 9.47 Å². The SMILES string of the molecule is COc1ccc(C(O)CN2CCC3(CC2)CC(O)c2cc(F)ccc2O3)cc1. The number of aliphatic hydroxyl groups excluding tert-OH is 2. The molecule has 0 bridgehead atoms. The fourth-order valence-corrected chi connectivity index (χ4v) is 4.24. The van der Waals surface area contributed by atoms with Crippen molar-refractivity contribution in [2.75, 3.05) is 26.7 Å². The van der Waals surface area contributed by atoms with Gasteiger partial charge in [0.25, 0.3) is 0 Å². The number of β-amino-alcohol motifs (C(OH)–C–C–N with tert-alkyl or cyclic N) is 1.